The fourth-order valence-corrected chi connectivity index (χ4v) is 3.46. The topological polar surface area (TPSA) is 70.7 Å². The molecule has 2 atom stereocenters. The zero-order chi connectivity index (χ0) is 18.8. The fraction of sp³-hybridized carbons (Fsp3) is 0.333. The molecule has 0 saturated heterocycles. The van der Waals surface area contributed by atoms with Gasteiger partial charge in [-0.05, 0) is 36.6 Å². The molecule has 0 spiro atoms. The number of halogens is 2. The highest BCUT2D eigenvalue weighted by atomic mass is 32.2. The van der Waals surface area contributed by atoms with Crippen LogP contribution in [0.2, 0.25) is 0 Å². The Morgan fingerprint density at radius 3 is 2.58 bits per heavy atom. The molecule has 0 aliphatic rings. The Hall–Kier alpha value is -2.03. The molecule has 0 saturated carbocycles. The maximum atomic E-state index is 13.9. The molecule has 2 unspecified atom stereocenters. The van der Waals surface area contributed by atoms with Crippen molar-refractivity contribution >= 4 is 17.4 Å². The SMILES string of the molecule is CC(C)CC(O)C(O)c1nnc2ccc(Sc3ccc(F)cc3F)cn12. The molecule has 2 aromatic heterocycles. The number of hydrogen-bond acceptors (Lipinski definition) is 5. The van der Waals surface area contributed by atoms with E-state index in [4.69, 9.17) is 0 Å². The zero-order valence-electron chi connectivity index (χ0n) is 14.3. The first-order chi connectivity index (χ1) is 12.3. The van der Waals surface area contributed by atoms with E-state index < -0.39 is 23.8 Å². The van der Waals surface area contributed by atoms with Crippen molar-refractivity contribution in [3.8, 4) is 0 Å². The largest absolute Gasteiger partial charge is 0.390 e. The Kier molecular flexibility index (Phi) is 5.55. The van der Waals surface area contributed by atoms with Gasteiger partial charge in [0.05, 0.1) is 6.10 Å². The normalized spacial score (nSPS) is 14.1. The molecule has 3 rings (SSSR count). The molecule has 138 valence electrons. The number of benzene rings is 1. The van der Waals surface area contributed by atoms with Gasteiger partial charge in [-0.3, -0.25) is 4.40 Å². The molecule has 0 aliphatic carbocycles. The summed E-state index contributed by atoms with van der Waals surface area (Å²) >= 11 is 1.12. The minimum absolute atomic E-state index is 0.214. The first kappa shape index (κ1) is 18.8. The number of aliphatic hydroxyl groups is 2. The minimum atomic E-state index is -1.18. The number of fused-ring (bicyclic) bond motifs is 1. The maximum Gasteiger partial charge on any atom is 0.169 e. The summed E-state index contributed by atoms with van der Waals surface area (Å²) < 4.78 is 28.5. The van der Waals surface area contributed by atoms with E-state index in [2.05, 4.69) is 10.2 Å². The van der Waals surface area contributed by atoms with Gasteiger partial charge in [-0.25, -0.2) is 8.78 Å². The fourth-order valence-electron chi connectivity index (χ4n) is 2.62. The Balaban J connectivity index is 1.90. The molecule has 26 heavy (non-hydrogen) atoms. The van der Waals surface area contributed by atoms with Gasteiger partial charge in [0.25, 0.3) is 0 Å². The van der Waals surface area contributed by atoms with Crippen molar-refractivity contribution in [2.75, 3.05) is 0 Å². The average Bonchev–Trinajstić information content (AvgIpc) is 2.99. The first-order valence-corrected chi connectivity index (χ1v) is 9.00. The smallest absolute Gasteiger partial charge is 0.169 e. The predicted molar refractivity (Wildman–Crippen MR) is 93.9 cm³/mol. The van der Waals surface area contributed by atoms with E-state index in [1.807, 2.05) is 13.8 Å². The summed E-state index contributed by atoms with van der Waals surface area (Å²) in [5.41, 5.74) is 0.500. The van der Waals surface area contributed by atoms with Gasteiger partial charge >= 0.3 is 0 Å². The van der Waals surface area contributed by atoms with Crippen molar-refractivity contribution in [2.24, 2.45) is 5.92 Å². The summed E-state index contributed by atoms with van der Waals surface area (Å²) in [7, 11) is 0. The number of rotatable bonds is 6. The van der Waals surface area contributed by atoms with Crippen molar-refractivity contribution < 1.29 is 19.0 Å². The third-order valence-electron chi connectivity index (χ3n) is 3.87. The Morgan fingerprint density at radius 1 is 1.12 bits per heavy atom. The molecule has 0 aliphatic heterocycles. The quantitative estimate of drug-likeness (QED) is 0.685. The van der Waals surface area contributed by atoms with Gasteiger partial charge in [0, 0.05) is 22.1 Å². The first-order valence-electron chi connectivity index (χ1n) is 8.19. The van der Waals surface area contributed by atoms with Crippen molar-refractivity contribution in [3.05, 3.63) is 54.0 Å². The van der Waals surface area contributed by atoms with E-state index in [0.29, 0.717) is 17.0 Å². The van der Waals surface area contributed by atoms with Gasteiger partial charge < -0.3 is 10.2 Å². The Labute approximate surface area is 153 Å². The van der Waals surface area contributed by atoms with E-state index in [0.717, 1.165) is 17.8 Å². The van der Waals surface area contributed by atoms with Crippen LogP contribution in [0.1, 0.15) is 32.2 Å². The van der Waals surface area contributed by atoms with Gasteiger partial charge in [0.2, 0.25) is 0 Å². The van der Waals surface area contributed by atoms with Crippen LogP contribution in [0.15, 0.2) is 46.3 Å². The Bertz CT molecular complexity index is 917. The van der Waals surface area contributed by atoms with Crippen LogP contribution in [0.25, 0.3) is 5.65 Å². The third-order valence-corrected chi connectivity index (χ3v) is 4.89. The molecule has 0 fully saturated rings. The second-order valence-corrected chi connectivity index (χ2v) is 7.59. The molecule has 3 aromatic rings. The van der Waals surface area contributed by atoms with E-state index in [1.54, 1.807) is 22.7 Å². The number of nitrogens with zero attached hydrogens (tertiary/aromatic N) is 3. The van der Waals surface area contributed by atoms with E-state index >= 15 is 0 Å². The lowest BCUT2D eigenvalue weighted by Gasteiger charge is -2.18. The lowest BCUT2D eigenvalue weighted by Crippen LogP contribution is -2.22. The summed E-state index contributed by atoms with van der Waals surface area (Å²) in [6.45, 7) is 3.90. The van der Waals surface area contributed by atoms with E-state index in [1.165, 1.54) is 12.1 Å². The molecule has 1 aromatic carbocycles. The van der Waals surface area contributed by atoms with Gasteiger partial charge in [0.15, 0.2) is 11.5 Å². The molecule has 0 bridgehead atoms. The second kappa shape index (κ2) is 7.69. The zero-order valence-corrected chi connectivity index (χ0v) is 15.1. The van der Waals surface area contributed by atoms with E-state index in [9.17, 15) is 19.0 Å². The van der Waals surface area contributed by atoms with Crippen LogP contribution in [0, 0.1) is 17.6 Å². The van der Waals surface area contributed by atoms with Crippen LogP contribution in [-0.4, -0.2) is 30.9 Å². The molecular formula is C18H19F2N3O2S. The van der Waals surface area contributed by atoms with Crippen LogP contribution < -0.4 is 0 Å². The van der Waals surface area contributed by atoms with Crippen LogP contribution in [-0.2, 0) is 0 Å². The highest BCUT2D eigenvalue weighted by Gasteiger charge is 2.24. The van der Waals surface area contributed by atoms with Crippen LogP contribution >= 0.6 is 11.8 Å². The van der Waals surface area contributed by atoms with Gasteiger partial charge in [-0.1, -0.05) is 25.6 Å². The minimum Gasteiger partial charge on any atom is -0.390 e. The highest BCUT2D eigenvalue weighted by molar-refractivity contribution is 7.99. The number of aliphatic hydroxyl groups excluding tert-OH is 2. The predicted octanol–water partition coefficient (Wildman–Crippen LogP) is 3.60. The third kappa shape index (κ3) is 4.03. The average molecular weight is 379 g/mol. The molecule has 0 amide bonds. The molecule has 8 heteroatoms. The van der Waals surface area contributed by atoms with Crippen molar-refractivity contribution in [1.82, 2.24) is 14.6 Å². The van der Waals surface area contributed by atoms with E-state index in [-0.39, 0.29) is 16.6 Å². The maximum absolute atomic E-state index is 13.9. The van der Waals surface area contributed by atoms with Crippen LogP contribution in [0.5, 0.6) is 0 Å². The van der Waals surface area contributed by atoms with Crippen molar-refractivity contribution in [1.29, 1.82) is 0 Å². The molecule has 2 N–H and O–H groups in total. The number of hydrogen-bond donors (Lipinski definition) is 2. The highest BCUT2D eigenvalue weighted by Crippen LogP contribution is 2.31. The number of aromatic nitrogens is 3. The summed E-state index contributed by atoms with van der Waals surface area (Å²) in [6, 6.07) is 6.81. The molecule has 2 heterocycles. The van der Waals surface area contributed by atoms with Gasteiger partial charge in [-0.15, -0.1) is 10.2 Å². The van der Waals surface area contributed by atoms with Crippen molar-refractivity contribution in [2.45, 2.75) is 42.3 Å². The molecule has 0 radical (unpaired) electrons. The monoisotopic (exact) mass is 379 g/mol. The lowest BCUT2D eigenvalue weighted by molar-refractivity contribution is 0.000770. The van der Waals surface area contributed by atoms with Crippen LogP contribution in [0.4, 0.5) is 8.78 Å². The summed E-state index contributed by atoms with van der Waals surface area (Å²) in [6.07, 6.45) is -0.0714. The van der Waals surface area contributed by atoms with Crippen molar-refractivity contribution in [3.63, 3.8) is 0 Å². The lowest BCUT2D eigenvalue weighted by atomic mass is 10.0. The second-order valence-electron chi connectivity index (χ2n) is 6.47. The van der Waals surface area contributed by atoms with Gasteiger partial charge in [-0.2, -0.15) is 0 Å². The summed E-state index contributed by atoms with van der Waals surface area (Å²) in [5, 5.41) is 28.5. The van der Waals surface area contributed by atoms with Crippen LogP contribution in [0.3, 0.4) is 0 Å². The number of pyridine rings is 1. The van der Waals surface area contributed by atoms with Gasteiger partial charge in [0.1, 0.15) is 17.7 Å². The summed E-state index contributed by atoms with van der Waals surface area (Å²) in [4.78, 5) is 0.940. The molecule has 5 nitrogen and oxygen atoms in total. The standard InChI is InChI=1S/C18H19F2N3O2S/c1-10(2)7-14(24)17(25)18-22-21-16-6-4-12(9-23(16)18)26-15-5-3-11(19)8-13(15)20/h3-6,8-10,14,17,24-25H,7H2,1-2H3. The Morgan fingerprint density at radius 2 is 1.88 bits per heavy atom. The summed E-state index contributed by atoms with van der Waals surface area (Å²) in [5.74, 6) is -0.848. The molecular weight excluding hydrogens is 360 g/mol.